The van der Waals surface area contributed by atoms with Gasteiger partial charge in [0.25, 0.3) is 0 Å². The van der Waals surface area contributed by atoms with Gasteiger partial charge < -0.3 is 15.1 Å². The second-order valence-electron chi connectivity index (χ2n) is 8.42. The smallest absolute Gasteiger partial charge is 0.313 e. The van der Waals surface area contributed by atoms with Crippen LogP contribution in [0.25, 0.3) is 0 Å². The van der Waals surface area contributed by atoms with Gasteiger partial charge in [-0.3, -0.25) is 9.59 Å². The molecule has 1 aliphatic heterocycles. The van der Waals surface area contributed by atoms with Crippen LogP contribution in [0.15, 0.2) is 91.0 Å². The van der Waals surface area contributed by atoms with Crippen molar-refractivity contribution in [3.63, 3.8) is 0 Å². The average molecular weight is 413 g/mol. The molecule has 1 heterocycles. The van der Waals surface area contributed by atoms with Crippen molar-refractivity contribution >= 4 is 17.6 Å². The maximum Gasteiger partial charge on any atom is 0.313 e. The summed E-state index contributed by atoms with van der Waals surface area (Å²) in [5.74, 6) is -2.09. The minimum Gasteiger partial charge on any atom is -0.481 e. The first-order valence-electron chi connectivity index (χ1n) is 10.4. The lowest BCUT2D eigenvalue weighted by molar-refractivity contribution is -0.191. The van der Waals surface area contributed by atoms with Crippen LogP contribution in [0.3, 0.4) is 0 Å². The van der Waals surface area contributed by atoms with Gasteiger partial charge in [0, 0.05) is 5.69 Å². The van der Waals surface area contributed by atoms with E-state index in [4.69, 9.17) is 0 Å². The predicted molar refractivity (Wildman–Crippen MR) is 117 cm³/mol. The molecule has 3 aromatic rings. The van der Waals surface area contributed by atoms with Crippen LogP contribution in [0.2, 0.25) is 0 Å². The number of anilines is 1. The maximum absolute atomic E-state index is 12.9. The average Bonchev–Trinajstić information content (AvgIpc) is 2.97. The number of carboxylic acids is 2. The molecule has 31 heavy (non-hydrogen) atoms. The van der Waals surface area contributed by atoms with Crippen molar-refractivity contribution in [3.05, 3.63) is 102 Å². The van der Waals surface area contributed by atoms with Gasteiger partial charge in [-0.1, -0.05) is 78.9 Å². The predicted octanol–water partition coefficient (Wildman–Crippen LogP) is 4.93. The number of rotatable bonds is 5. The molecule has 0 unspecified atom stereocenters. The van der Waals surface area contributed by atoms with Gasteiger partial charge in [-0.15, -0.1) is 0 Å². The summed E-state index contributed by atoms with van der Waals surface area (Å²) in [6.45, 7) is 0. The van der Waals surface area contributed by atoms with Crippen LogP contribution < -0.4 is 4.90 Å². The summed E-state index contributed by atoms with van der Waals surface area (Å²) in [5, 5.41) is 21.2. The number of nitrogens with zero attached hydrogens (tertiary/aromatic N) is 1. The lowest BCUT2D eigenvalue weighted by atomic mass is 9.45. The largest absolute Gasteiger partial charge is 0.481 e. The van der Waals surface area contributed by atoms with Crippen molar-refractivity contribution in [2.24, 2.45) is 10.8 Å². The first-order chi connectivity index (χ1) is 15.0. The van der Waals surface area contributed by atoms with Crippen molar-refractivity contribution in [2.45, 2.75) is 24.9 Å². The SMILES string of the molecule is O=C(O)[C@]12CC[C@@]1(C(=O)O)[C@@H](c1ccccc1)N(c1ccccc1)[C@@H]2c1ccccc1. The lowest BCUT2D eigenvalue weighted by Crippen LogP contribution is -2.60. The summed E-state index contributed by atoms with van der Waals surface area (Å²) in [5.41, 5.74) is -0.413. The fourth-order valence-corrected chi connectivity index (χ4v) is 5.94. The number of para-hydroxylation sites is 1. The molecule has 2 fully saturated rings. The van der Waals surface area contributed by atoms with Crippen LogP contribution in [0.5, 0.6) is 0 Å². The third-order valence-corrected chi connectivity index (χ3v) is 7.25. The number of carboxylic acid groups (broad SMARTS) is 2. The van der Waals surface area contributed by atoms with E-state index in [-0.39, 0.29) is 0 Å². The zero-order valence-corrected chi connectivity index (χ0v) is 16.9. The Morgan fingerprint density at radius 3 is 1.32 bits per heavy atom. The molecule has 1 aliphatic carbocycles. The van der Waals surface area contributed by atoms with Crippen molar-refractivity contribution in [1.29, 1.82) is 0 Å². The number of carbonyl (C=O) groups is 2. The highest BCUT2D eigenvalue weighted by Gasteiger charge is 2.81. The Kier molecular flexibility index (Phi) is 4.36. The van der Waals surface area contributed by atoms with Gasteiger partial charge >= 0.3 is 11.9 Å². The topological polar surface area (TPSA) is 77.8 Å². The van der Waals surface area contributed by atoms with Crippen molar-refractivity contribution < 1.29 is 19.8 Å². The van der Waals surface area contributed by atoms with Crippen LogP contribution in [-0.2, 0) is 9.59 Å². The first-order valence-corrected chi connectivity index (χ1v) is 10.4. The molecule has 4 atom stereocenters. The van der Waals surface area contributed by atoms with Crippen LogP contribution >= 0.6 is 0 Å². The Hall–Kier alpha value is -3.60. The highest BCUT2D eigenvalue weighted by molar-refractivity contribution is 5.94. The first kappa shape index (κ1) is 19.4. The normalized spacial score (nSPS) is 29.1. The molecule has 0 spiro atoms. The van der Waals surface area contributed by atoms with Crippen LogP contribution in [0.1, 0.15) is 36.1 Å². The molecule has 3 aromatic carbocycles. The summed E-state index contributed by atoms with van der Waals surface area (Å²) >= 11 is 0. The molecule has 5 rings (SSSR count). The summed E-state index contributed by atoms with van der Waals surface area (Å²) in [6, 6.07) is 27.3. The Bertz CT molecular complexity index is 1050. The van der Waals surface area contributed by atoms with E-state index in [1.54, 1.807) is 0 Å². The quantitative estimate of drug-likeness (QED) is 0.620. The van der Waals surface area contributed by atoms with E-state index in [1.807, 2.05) is 95.9 Å². The van der Waals surface area contributed by atoms with Crippen molar-refractivity contribution in [1.82, 2.24) is 0 Å². The van der Waals surface area contributed by atoms with Crippen molar-refractivity contribution in [3.8, 4) is 0 Å². The standard InChI is InChI=1S/C26H23NO4/c28-23(29)25-16-17-26(25,24(30)31)22(19-12-6-2-7-13-19)27(20-14-8-3-9-15-20)21(25)18-10-4-1-5-11-18/h1-15,21-22H,16-17H2,(H,28,29)(H,30,31)/t21-,22-,25-,26+/m1/s1. The molecule has 1 saturated carbocycles. The summed E-state index contributed by atoms with van der Waals surface area (Å²) in [7, 11) is 0. The van der Waals surface area contributed by atoms with Crippen LogP contribution in [-0.4, -0.2) is 22.2 Å². The molecule has 0 radical (unpaired) electrons. The molecule has 1 saturated heterocycles. The van der Waals surface area contributed by atoms with E-state index >= 15 is 0 Å². The van der Waals surface area contributed by atoms with Gasteiger partial charge in [0.1, 0.15) is 10.8 Å². The molecule has 5 heteroatoms. The van der Waals surface area contributed by atoms with E-state index < -0.39 is 34.9 Å². The van der Waals surface area contributed by atoms with Gasteiger partial charge in [-0.05, 0) is 36.1 Å². The Morgan fingerprint density at radius 2 is 1.00 bits per heavy atom. The van der Waals surface area contributed by atoms with Gasteiger partial charge in [-0.25, -0.2) is 0 Å². The fraction of sp³-hybridized carbons (Fsp3) is 0.231. The van der Waals surface area contributed by atoms with Gasteiger partial charge in [0.15, 0.2) is 0 Å². The minimum absolute atomic E-state index is 0.320. The number of hydrogen-bond donors (Lipinski definition) is 2. The molecule has 2 aliphatic rings. The van der Waals surface area contributed by atoms with Crippen molar-refractivity contribution in [2.75, 3.05) is 4.90 Å². The fourth-order valence-electron chi connectivity index (χ4n) is 5.94. The van der Waals surface area contributed by atoms with E-state index in [1.165, 1.54) is 0 Å². The summed E-state index contributed by atoms with van der Waals surface area (Å²) in [6.07, 6.45) is 0.641. The Morgan fingerprint density at radius 1 is 0.645 bits per heavy atom. The lowest BCUT2D eigenvalue weighted by Gasteiger charge is -2.52. The van der Waals surface area contributed by atoms with E-state index in [9.17, 15) is 19.8 Å². The van der Waals surface area contributed by atoms with Gasteiger partial charge in [-0.2, -0.15) is 0 Å². The van der Waals surface area contributed by atoms with Gasteiger partial charge in [0.05, 0.1) is 12.1 Å². The molecule has 0 aromatic heterocycles. The summed E-state index contributed by atoms with van der Waals surface area (Å²) in [4.78, 5) is 27.9. The van der Waals surface area contributed by atoms with E-state index in [2.05, 4.69) is 0 Å². The molecule has 0 bridgehead atoms. The number of hydrogen-bond acceptors (Lipinski definition) is 3. The molecular formula is C26H23NO4. The zero-order valence-electron chi connectivity index (χ0n) is 16.9. The Balaban J connectivity index is 1.86. The van der Waals surface area contributed by atoms with E-state index in [0.29, 0.717) is 12.8 Å². The monoisotopic (exact) mass is 413 g/mol. The Labute approximate surface area is 180 Å². The number of aliphatic carboxylic acids is 2. The molecular weight excluding hydrogens is 390 g/mol. The van der Waals surface area contributed by atoms with Gasteiger partial charge in [0.2, 0.25) is 0 Å². The van der Waals surface area contributed by atoms with E-state index in [0.717, 1.165) is 16.8 Å². The second kappa shape index (κ2) is 6.98. The number of fused-ring (bicyclic) bond motifs is 1. The zero-order chi connectivity index (χ0) is 21.6. The molecule has 2 N–H and O–H groups in total. The highest BCUT2D eigenvalue weighted by Crippen LogP contribution is 2.76. The molecule has 5 nitrogen and oxygen atoms in total. The molecule has 0 amide bonds. The van der Waals surface area contributed by atoms with Crippen LogP contribution in [0, 0.1) is 10.8 Å². The highest BCUT2D eigenvalue weighted by atomic mass is 16.4. The third kappa shape index (κ3) is 2.43. The minimum atomic E-state index is -1.43. The maximum atomic E-state index is 12.9. The summed E-state index contributed by atoms with van der Waals surface area (Å²) < 4.78 is 0. The van der Waals surface area contributed by atoms with Crippen LogP contribution in [0.4, 0.5) is 5.69 Å². The third-order valence-electron chi connectivity index (χ3n) is 7.25. The second-order valence-corrected chi connectivity index (χ2v) is 8.42. The number of benzene rings is 3. The molecule has 156 valence electrons.